The fraction of sp³-hybridized carbons (Fsp3) is 0.0667. The lowest BCUT2D eigenvalue weighted by Gasteiger charge is -2.09. The Hall–Kier alpha value is -2.34. The van der Waals surface area contributed by atoms with Crippen molar-refractivity contribution < 1.29 is 9.59 Å². The maximum absolute atomic E-state index is 12.2. The minimum absolute atomic E-state index is 0.212. The molecule has 4 N–H and O–H groups in total. The maximum Gasteiger partial charge on any atom is 0.256 e. The highest BCUT2D eigenvalue weighted by molar-refractivity contribution is 9.10. The standard InChI is InChI=1S/C15H14BrN3O2/c1-18-14(20)9-3-2-4-11(7-9)19-15(21)12-8-10(17)5-6-13(12)16/h2-8H,17H2,1H3,(H,18,20)(H,19,21). The highest BCUT2D eigenvalue weighted by Crippen LogP contribution is 2.21. The number of nitrogens with one attached hydrogen (secondary N) is 2. The van der Waals surface area contributed by atoms with Crippen molar-refractivity contribution >= 4 is 39.1 Å². The second-order valence-electron chi connectivity index (χ2n) is 4.35. The highest BCUT2D eigenvalue weighted by atomic mass is 79.9. The summed E-state index contributed by atoms with van der Waals surface area (Å²) >= 11 is 3.31. The van der Waals surface area contributed by atoms with Crippen LogP contribution in [0, 0.1) is 0 Å². The van der Waals surface area contributed by atoms with Crippen LogP contribution < -0.4 is 16.4 Å². The number of carbonyl (C=O) groups excluding carboxylic acids is 2. The molecule has 0 bridgehead atoms. The summed E-state index contributed by atoms with van der Waals surface area (Å²) in [6, 6.07) is 11.7. The monoisotopic (exact) mass is 347 g/mol. The van der Waals surface area contributed by atoms with Gasteiger partial charge in [-0.05, 0) is 52.3 Å². The average molecular weight is 348 g/mol. The van der Waals surface area contributed by atoms with Crippen molar-refractivity contribution in [1.82, 2.24) is 5.32 Å². The van der Waals surface area contributed by atoms with Gasteiger partial charge in [0.05, 0.1) is 5.56 Å². The largest absolute Gasteiger partial charge is 0.399 e. The third-order valence-electron chi connectivity index (χ3n) is 2.84. The quantitative estimate of drug-likeness (QED) is 0.746. The van der Waals surface area contributed by atoms with Crippen LogP contribution in [0.15, 0.2) is 46.9 Å². The second-order valence-corrected chi connectivity index (χ2v) is 5.21. The van der Waals surface area contributed by atoms with Crippen molar-refractivity contribution in [2.45, 2.75) is 0 Å². The first-order valence-corrected chi connectivity index (χ1v) is 6.99. The van der Waals surface area contributed by atoms with Gasteiger partial charge in [0.25, 0.3) is 11.8 Å². The van der Waals surface area contributed by atoms with E-state index < -0.39 is 0 Å². The van der Waals surface area contributed by atoms with E-state index in [-0.39, 0.29) is 11.8 Å². The predicted octanol–water partition coefficient (Wildman–Crippen LogP) is 2.64. The first kappa shape index (κ1) is 15.1. The molecule has 0 atom stereocenters. The molecule has 0 fully saturated rings. The minimum atomic E-state index is -0.303. The Balaban J connectivity index is 2.23. The zero-order valence-corrected chi connectivity index (χ0v) is 12.9. The van der Waals surface area contributed by atoms with Crippen LogP contribution in [0.3, 0.4) is 0 Å². The lowest BCUT2D eigenvalue weighted by molar-refractivity contribution is 0.0961. The van der Waals surface area contributed by atoms with Crippen molar-refractivity contribution in [3.8, 4) is 0 Å². The number of amides is 2. The third-order valence-corrected chi connectivity index (χ3v) is 3.54. The first-order valence-electron chi connectivity index (χ1n) is 6.20. The fourth-order valence-corrected chi connectivity index (χ4v) is 2.22. The van der Waals surface area contributed by atoms with Crippen molar-refractivity contribution in [3.05, 3.63) is 58.1 Å². The molecule has 108 valence electrons. The Morgan fingerprint density at radius 2 is 1.86 bits per heavy atom. The van der Waals surface area contributed by atoms with Crippen LogP contribution in [-0.2, 0) is 0 Å². The van der Waals surface area contributed by atoms with Gasteiger partial charge in [0.2, 0.25) is 0 Å². The van der Waals surface area contributed by atoms with Crippen LogP contribution in [-0.4, -0.2) is 18.9 Å². The lowest BCUT2D eigenvalue weighted by atomic mass is 10.1. The molecule has 2 amide bonds. The lowest BCUT2D eigenvalue weighted by Crippen LogP contribution is -2.18. The number of hydrogen-bond donors (Lipinski definition) is 3. The third kappa shape index (κ3) is 3.61. The summed E-state index contributed by atoms with van der Waals surface area (Å²) in [6.07, 6.45) is 0. The van der Waals surface area contributed by atoms with E-state index in [0.29, 0.717) is 27.0 Å². The van der Waals surface area contributed by atoms with Gasteiger partial charge in [-0.1, -0.05) is 6.07 Å². The van der Waals surface area contributed by atoms with Gasteiger partial charge >= 0.3 is 0 Å². The maximum atomic E-state index is 12.2. The topological polar surface area (TPSA) is 84.2 Å². The smallest absolute Gasteiger partial charge is 0.256 e. The Morgan fingerprint density at radius 3 is 2.57 bits per heavy atom. The number of halogens is 1. The second kappa shape index (κ2) is 6.41. The van der Waals surface area contributed by atoms with Gasteiger partial charge in [-0.2, -0.15) is 0 Å². The number of anilines is 2. The minimum Gasteiger partial charge on any atom is -0.399 e. The van der Waals surface area contributed by atoms with E-state index >= 15 is 0 Å². The van der Waals surface area contributed by atoms with Crippen molar-refractivity contribution in [1.29, 1.82) is 0 Å². The molecule has 2 rings (SSSR count). The highest BCUT2D eigenvalue weighted by Gasteiger charge is 2.11. The zero-order valence-electron chi connectivity index (χ0n) is 11.3. The van der Waals surface area contributed by atoms with E-state index in [9.17, 15) is 9.59 Å². The average Bonchev–Trinajstić information content (AvgIpc) is 2.49. The molecule has 2 aromatic carbocycles. The summed E-state index contributed by atoms with van der Waals surface area (Å²) in [5.74, 6) is -0.514. The summed E-state index contributed by atoms with van der Waals surface area (Å²) in [6.45, 7) is 0. The molecular formula is C15H14BrN3O2. The number of carbonyl (C=O) groups is 2. The Labute approximate surface area is 130 Å². The summed E-state index contributed by atoms with van der Waals surface area (Å²) in [4.78, 5) is 23.8. The summed E-state index contributed by atoms with van der Waals surface area (Å²) < 4.78 is 0.650. The van der Waals surface area contributed by atoms with Crippen LogP contribution in [0.25, 0.3) is 0 Å². The van der Waals surface area contributed by atoms with Crippen LogP contribution in [0.2, 0.25) is 0 Å². The fourth-order valence-electron chi connectivity index (χ4n) is 1.80. The Morgan fingerprint density at radius 1 is 1.10 bits per heavy atom. The number of benzene rings is 2. The molecule has 0 aliphatic rings. The van der Waals surface area contributed by atoms with E-state index in [1.807, 2.05) is 0 Å². The molecule has 0 radical (unpaired) electrons. The van der Waals surface area contributed by atoms with Crippen LogP contribution in [0.5, 0.6) is 0 Å². The summed E-state index contributed by atoms with van der Waals surface area (Å²) in [7, 11) is 1.55. The molecule has 0 saturated heterocycles. The van der Waals surface area contributed by atoms with Crippen LogP contribution in [0.1, 0.15) is 20.7 Å². The summed E-state index contributed by atoms with van der Waals surface area (Å²) in [5.41, 5.74) is 7.63. The molecule has 0 saturated carbocycles. The zero-order chi connectivity index (χ0) is 15.4. The van der Waals surface area contributed by atoms with Gasteiger partial charge in [-0.3, -0.25) is 9.59 Å². The van der Waals surface area contributed by atoms with Gasteiger partial charge in [0.15, 0.2) is 0 Å². The number of nitrogens with two attached hydrogens (primary N) is 1. The van der Waals surface area contributed by atoms with Crippen LogP contribution >= 0.6 is 15.9 Å². The Kier molecular flexibility index (Phi) is 4.59. The molecular weight excluding hydrogens is 334 g/mol. The molecule has 6 heteroatoms. The normalized spacial score (nSPS) is 10.0. The van der Waals surface area contributed by atoms with Gasteiger partial charge in [0.1, 0.15) is 0 Å². The van der Waals surface area contributed by atoms with Crippen molar-refractivity contribution in [2.75, 3.05) is 18.1 Å². The first-order chi connectivity index (χ1) is 10.0. The van der Waals surface area contributed by atoms with Gasteiger partial charge in [0, 0.05) is 28.5 Å². The molecule has 21 heavy (non-hydrogen) atoms. The molecule has 0 unspecified atom stereocenters. The van der Waals surface area contributed by atoms with E-state index in [1.165, 1.54) is 0 Å². The van der Waals surface area contributed by atoms with E-state index in [0.717, 1.165) is 0 Å². The summed E-state index contributed by atoms with van der Waals surface area (Å²) in [5, 5.41) is 5.28. The molecule has 5 nitrogen and oxygen atoms in total. The molecule has 0 aromatic heterocycles. The SMILES string of the molecule is CNC(=O)c1cccc(NC(=O)c2cc(N)ccc2Br)c1. The predicted molar refractivity (Wildman–Crippen MR) is 86.3 cm³/mol. The molecule has 0 spiro atoms. The molecule has 0 heterocycles. The number of hydrogen-bond acceptors (Lipinski definition) is 3. The van der Waals surface area contributed by atoms with Crippen molar-refractivity contribution in [2.24, 2.45) is 0 Å². The van der Waals surface area contributed by atoms with E-state index in [1.54, 1.807) is 49.5 Å². The number of rotatable bonds is 3. The van der Waals surface area contributed by atoms with Crippen molar-refractivity contribution in [3.63, 3.8) is 0 Å². The molecule has 0 aliphatic heterocycles. The van der Waals surface area contributed by atoms with Gasteiger partial charge in [-0.15, -0.1) is 0 Å². The number of nitrogen functional groups attached to an aromatic ring is 1. The van der Waals surface area contributed by atoms with Gasteiger partial charge < -0.3 is 16.4 Å². The van der Waals surface area contributed by atoms with Gasteiger partial charge in [-0.25, -0.2) is 0 Å². The van der Waals surface area contributed by atoms with E-state index in [2.05, 4.69) is 26.6 Å². The molecule has 0 aliphatic carbocycles. The van der Waals surface area contributed by atoms with Crippen LogP contribution in [0.4, 0.5) is 11.4 Å². The van der Waals surface area contributed by atoms with E-state index in [4.69, 9.17) is 5.73 Å². The Bertz CT molecular complexity index is 701. The molecule has 2 aromatic rings.